The number of nitro groups is 1. The van der Waals surface area contributed by atoms with Gasteiger partial charge in [-0.2, -0.15) is 0 Å². The molecule has 2 aromatic carbocycles. The Morgan fingerprint density at radius 1 is 1.03 bits per heavy atom. The number of benzene rings is 2. The van der Waals surface area contributed by atoms with E-state index in [-0.39, 0.29) is 30.1 Å². The van der Waals surface area contributed by atoms with Crippen molar-refractivity contribution in [1.29, 1.82) is 0 Å². The monoisotopic (exact) mass is 400 g/mol. The van der Waals surface area contributed by atoms with Gasteiger partial charge in [0.1, 0.15) is 5.60 Å². The number of nitrogens with zero attached hydrogens (tertiary/aromatic N) is 1. The van der Waals surface area contributed by atoms with E-state index in [9.17, 15) is 24.8 Å². The number of hydrogen-bond acceptors (Lipinski definition) is 6. The molecule has 9 nitrogen and oxygen atoms in total. The molecule has 0 radical (unpaired) electrons. The van der Waals surface area contributed by atoms with E-state index in [1.165, 1.54) is 0 Å². The fourth-order valence-electron chi connectivity index (χ4n) is 2.36. The molecule has 0 unspecified atom stereocenters. The molecule has 0 fully saturated rings. The van der Waals surface area contributed by atoms with Crippen molar-refractivity contribution in [3.8, 4) is 5.75 Å². The summed E-state index contributed by atoms with van der Waals surface area (Å²) in [6, 6.07) is 9.88. The largest absolute Gasteiger partial charge is 0.872 e. The van der Waals surface area contributed by atoms with Crippen LogP contribution in [0.25, 0.3) is 0 Å². The van der Waals surface area contributed by atoms with Gasteiger partial charge in [0, 0.05) is 30.8 Å². The molecule has 0 aliphatic carbocycles. The molecule has 0 aliphatic heterocycles. The van der Waals surface area contributed by atoms with E-state index < -0.39 is 22.5 Å². The number of amides is 2. The molecular formula is C20H22N3O6-. The van der Waals surface area contributed by atoms with Crippen molar-refractivity contribution < 1.29 is 24.4 Å². The van der Waals surface area contributed by atoms with Crippen molar-refractivity contribution in [3.05, 3.63) is 69.3 Å². The summed E-state index contributed by atoms with van der Waals surface area (Å²) in [5.74, 6) is -0.818. The van der Waals surface area contributed by atoms with Gasteiger partial charge in [-0.05, 0) is 44.0 Å². The number of alkyl carbamates (subject to hydrolysis) is 1. The highest BCUT2D eigenvalue weighted by atomic mass is 16.6. The maximum atomic E-state index is 12.2. The zero-order valence-electron chi connectivity index (χ0n) is 16.4. The second-order valence-electron chi connectivity index (χ2n) is 7.28. The van der Waals surface area contributed by atoms with Gasteiger partial charge in [-0.1, -0.05) is 18.2 Å². The Kier molecular flexibility index (Phi) is 6.76. The first-order valence-corrected chi connectivity index (χ1v) is 8.83. The minimum absolute atomic E-state index is 0.124. The van der Waals surface area contributed by atoms with Crippen molar-refractivity contribution in [2.24, 2.45) is 0 Å². The van der Waals surface area contributed by atoms with Gasteiger partial charge in [-0.25, -0.2) is 4.79 Å². The Morgan fingerprint density at radius 3 is 2.28 bits per heavy atom. The lowest BCUT2D eigenvalue weighted by Gasteiger charge is -2.19. The Balaban J connectivity index is 1.91. The maximum absolute atomic E-state index is 12.2. The number of nitrogens with one attached hydrogen (secondary N) is 2. The summed E-state index contributed by atoms with van der Waals surface area (Å²) in [6.07, 6.45) is -0.537. The van der Waals surface area contributed by atoms with Crippen LogP contribution in [-0.4, -0.2) is 22.5 Å². The minimum atomic E-state index is -0.602. The first kappa shape index (κ1) is 21.7. The third-order valence-corrected chi connectivity index (χ3v) is 3.75. The highest BCUT2D eigenvalue weighted by Crippen LogP contribution is 2.20. The second kappa shape index (κ2) is 9.05. The van der Waals surface area contributed by atoms with E-state index in [4.69, 9.17) is 4.74 Å². The molecule has 0 atom stereocenters. The Morgan fingerprint density at radius 2 is 1.69 bits per heavy atom. The SMILES string of the molecule is CC(C)(C)OC(=O)NCc1ccc(C(=O)NCc2cc([N+](=O)[O-])ccc2[O-])cc1. The molecule has 2 aromatic rings. The van der Waals surface area contributed by atoms with E-state index in [0.717, 1.165) is 23.8 Å². The van der Waals surface area contributed by atoms with Crippen LogP contribution in [0.3, 0.4) is 0 Å². The smallest absolute Gasteiger partial charge is 0.407 e. The molecule has 0 saturated carbocycles. The summed E-state index contributed by atoms with van der Waals surface area (Å²) in [7, 11) is 0. The number of nitro benzene ring substituents is 1. The van der Waals surface area contributed by atoms with Gasteiger partial charge in [0.05, 0.1) is 4.92 Å². The van der Waals surface area contributed by atoms with Crippen LogP contribution in [0.2, 0.25) is 0 Å². The average molecular weight is 400 g/mol. The molecule has 2 N–H and O–H groups in total. The third-order valence-electron chi connectivity index (χ3n) is 3.75. The van der Waals surface area contributed by atoms with Crippen LogP contribution in [0.15, 0.2) is 42.5 Å². The summed E-state index contributed by atoms with van der Waals surface area (Å²) >= 11 is 0. The van der Waals surface area contributed by atoms with Crippen LogP contribution in [0.1, 0.15) is 42.3 Å². The molecule has 0 aromatic heterocycles. The minimum Gasteiger partial charge on any atom is -0.872 e. The second-order valence-corrected chi connectivity index (χ2v) is 7.28. The fraction of sp³-hybridized carbons (Fsp3) is 0.300. The summed E-state index contributed by atoms with van der Waals surface area (Å²) in [6.45, 7) is 5.42. The summed E-state index contributed by atoms with van der Waals surface area (Å²) in [4.78, 5) is 34.1. The topological polar surface area (TPSA) is 134 Å². The van der Waals surface area contributed by atoms with E-state index in [1.807, 2.05) is 0 Å². The molecule has 0 spiro atoms. The van der Waals surface area contributed by atoms with E-state index >= 15 is 0 Å². The Bertz CT molecular complexity index is 903. The van der Waals surface area contributed by atoms with Gasteiger partial charge in [-0.3, -0.25) is 14.9 Å². The highest BCUT2D eigenvalue weighted by Gasteiger charge is 2.15. The third kappa shape index (κ3) is 6.80. The van der Waals surface area contributed by atoms with Crippen molar-refractivity contribution in [2.45, 2.75) is 39.5 Å². The number of carbonyl (C=O) groups excluding carboxylic acids is 2. The molecule has 2 amide bonds. The van der Waals surface area contributed by atoms with Crippen LogP contribution in [0.4, 0.5) is 10.5 Å². The number of non-ortho nitro benzene ring substituents is 1. The van der Waals surface area contributed by atoms with Crippen LogP contribution in [0.5, 0.6) is 5.75 Å². The van der Waals surface area contributed by atoms with Gasteiger partial charge in [0.25, 0.3) is 11.6 Å². The van der Waals surface area contributed by atoms with Crippen LogP contribution in [0, 0.1) is 10.1 Å². The van der Waals surface area contributed by atoms with E-state index in [1.54, 1.807) is 45.0 Å². The molecule has 0 heterocycles. The predicted octanol–water partition coefficient (Wildman–Crippen LogP) is 2.62. The lowest BCUT2D eigenvalue weighted by molar-refractivity contribution is -0.385. The lowest BCUT2D eigenvalue weighted by atomic mass is 10.1. The molecule has 154 valence electrons. The van der Waals surface area contributed by atoms with Crippen LogP contribution < -0.4 is 15.7 Å². The zero-order valence-corrected chi connectivity index (χ0v) is 16.4. The van der Waals surface area contributed by atoms with Crippen molar-refractivity contribution in [1.82, 2.24) is 10.6 Å². The molecule has 0 aliphatic rings. The summed E-state index contributed by atoms with van der Waals surface area (Å²) in [5, 5.41) is 27.8. The molecule has 2 rings (SSSR count). The first-order valence-electron chi connectivity index (χ1n) is 8.83. The normalized spacial score (nSPS) is 10.9. The van der Waals surface area contributed by atoms with E-state index in [0.29, 0.717) is 5.56 Å². The van der Waals surface area contributed by atoms with Crippen LogP contribution >= 0.6 is 0 Å². The summed E-state index contributed by atoms with van der Waals surface area (Å²) < 4.78 is 5.15. The Labute approximate surface area is 167 Å². The van der Waals surface area contributed by atoms with Crippen molar-refractivity contribution in [2.75, 3.05) is 0 Å². The first-order chi connectivity index (χ1) is 13.5. The number of rotatable bonds is 6. The summed E-state index contributed by atoms with van der Waals surface area (Å²) in [5.41, 5.74) is 0.452. The van der Waals surface area contributed by atoms with Gasteiger partial charge < -0.3 is 20.5 Å². The lowest BCUT2D eigenvalue weighted by Crippen LogP contribution is -2.32. The molecular weight excluding hydrogens is 378 g/mol. The van der Waals surface area contributed by atoms with Gasteiger partial charge in [-0.15, -0.1) is 5.75 Å². The van der Waals surface area contributed by atoms with Gasteiger partial charge in [0.15, 0.2) is 0 Å². The van der Waals surface area contributed by atoms with Crippen molar-refractivity contribution >= 4 is 17.7 Å². The predicted molar refractivity (Wildman–Crippen MR) is 103 cm³/mol. The van der Waals surface area contributed by atoms with E-state index in [2.05, 4.69) is 10.6 Å². The molecule has 0 bridgehead atoms. The molecule has 29 heavy (non-hydrogen) atoms. The molecule has 0 saturated heterocycles. The number of ether oxygens (including phenoxy) is 1. The highest BCUT2D eigenvalue weighted by molar-refractivity contribution is 5.94. The maximum Gasteiger partial charge on any atom is 0.407 e. The van der Waals surface area contributed by atoms with Gasteiger partial charge in [0.2, 0.25) is 0 Å². The fourth-order valence-corrected chi connectivity index (χ4v) is 2.36. The Hall–Kier alpha value is -3.62. The van der Waals surface area contributed by atoms with Crippen LogP contribution in [-0.2, 0) is 17.8 Å². The average Bonchev–Trinajstić information content (AvgIpc) is 2.64. The van der Waals surface area contributed by atoms with Gasteiger partial charge >= 0.3 is 6.09 Å². The number of carbonyl (C=O) groups is 2. The quantitative estimate of drug-likeness (QED) is 0.565. The van der Waals surface area contributed by atoms with Crippen molar-refractivity contribution in [3.63, 3.8) is 0 Å². The molecule has 9 heteroatoms. The number of hydrogen-bond donors (Lipinski definition) is 2. The zero-order chi connectivity index (χ0) is 21.6. The standard InChI is InChI=1S/C20H23N3O6/c1-20(2,3)29-19(26)22-11-13-4-6-14(7-5-13)18(25)21-12-15-10-16(23(27)28)8-9-17(15)24/h4-10,24H,11-12H2,1-3H3,(H,21,25)(H,22,26)/p-1.